The maximum Gasteiger partial charge on any atom is 0.271 e. The minimum Gasteiger partial charge on any atom is -0.495 e. The summed E-state index contributed by atoms with van der Waals surface area (Å²) in [6, 6.07) is 22.9. The van der Waals surface area contributed by atoms with Crippen LogP contribution in [0.2, 0.25) is 0 Å². The number of methoxy groups -OCH3 is 1. The number of benzene rings is 3. The molecule has 226 valence electrons. The lowest BCUT2D eigenvalue weighted by atomic mass is 10.1. The van der Waals surface area contributed by atoms with E-state index in [1.54, 1.807) is 37.6 Å². The van der Waals surface area contributed by atoms with Gasteiger partial charge in [0.15, 0.2) is 6.61 Å². The smallest absolute Gasteiger partial charge is 0.271 e. The highest BCUT2D eigenvalue weighted by atomic mass is 16.5. The zero-order valence-corrected chi connectivity index (χ0v) is 24.5. The lowest BCUT2D eigenvalue weighted by Gasteiger charge is -2.36. The highest BCUT2D eigenvalue weighted by Gasteiger charge is 2.20. The van der Waals surface area contributed by atoms with Gasteiger partial charge in [-0.15, -0.1) is 0 Å². The summed E-state index contributed by atoms with van der Waals surface area (Å²) in [6.07, 6.45) is 3.68. The number of ether oxygens (including phenoxy) is 3. The third-order valence-corrected chi connectivity index (χ3v) is 7.60. The molecule has 2 heterocycles. The Labute approximate surface area is 252 Å². The molecule has 2 amide bonds. The monoisotopic (exact) mass is 585 g/mol. The Morgan fingerprint density at radius 1 is 1.00 bits per heavy atom. The molecule has 43 heavy (non-hydrogen) atoms. The Morgan fingerprint density at radius 3 is 2.49 bits per heavy atom. The van der Waals surface area contributed by atoms with Gasteiger partial charge in [-0.05, 0) is 72.5 Å². The number of amides is 2. The number of hydrogen-bond acceptors (Lipinski definition) is 8. The zero-order valence-electron chi connectivity index (χ0n) is 24.5. The van der Waals surface area contributed by atoms with Gasteiger partial charge in [-0.1, -0.05) is 24.3 Å². The minimum absolute atomic E-state index is 0.0600. The summed E-state index contributed by atoms with van der Waals surface area (Å²) in [5.74, 6) is 1.02. The lowest BCUT2D eigenvalue weighted by molar-refractivity contribution is -0.123. The molecule has 10 nitrogen and oxygen atoms in total. The number of para-hydroxylation sites is 2. The first kappa shape index (κ1) is 30.1. The van der Waals surface area contributed by atoms with Crippen molar-refractivity contribution in [2.45, 2.75) is 25.5 Å². The van der Waals surface area contributed by atoms with E-state index in [9.17, 15) is 9.59 Å². The van der Waals surface area contributed by atoms with E-state index in [4.69, 9.17) is 14.2 Å². The van der Waals surface area contributed by atoms with Gasteiger partial charge >= 0.3 is 0 Å². The van der Waals surface area contributed by atoms with Gasteiger partial charge < -0.3 is 24.4 Å². The highest BCUT2D eigenvalue weighted by Crippen LogP contribution is 2.28. The van der Waals surface area contributed by atoms with Crippen molar-refractivity contribution in [3.63, 3.8) is 0 Å². The molecule has 5 rings (SSSR count). The molecule has 0 aromatic heterocycles. The molecule has 2 saturated heterocycles. The zero-order chi connectivity index (χ0) is 29.9. The molecule has 0 radical (unpaired) electrons. The molecule has 0 bridgehead atoms. The Balaban J connectivity index is 1.01. The van der Waals surface area contributed by atoms with Crippen molar-refractivity contribution in [1.29, 1.82) is 0 Å². The third kappa shape index (κ3) is 8.79. The Kier molecular flexibility index (Phi) is 10.6. The van der Waals surface area contributed by atoms with Crippen molar-refractivity contribution in [1.82, 2.24) is 15.6 Å². The molecule has 10 heteroatoms. The van der Waals surface area contributed by atoms with Crippen molar-refractivity contribution in [3.8, 4) is 11.5 Å². The Bertz CT molecular complexity index is 1370. The molecule has 0 spiro atoms. The van der Waals surface area contributed by atoms with Crippen LogP contribution in [0.15, 0.2) is 77.9 Å². The number of hydrogen-bond donors (Lipinski definition) is 2. The van der Waals surface area contributed by atoms with Gasteiger partial charge in [0.1, 0.15) is 11.5 Å². The first-order valence-corrected chi connectivity index (χ1v) is 14.7. The molecule has 2 N–H and O–H groups in total. The van der Waals surface area contributed by atoms with Crippen molar-refractivity contribution in [3.05, 3.63) is 89.5 Å². The fourth-order valence-electron chi connectivity index (χ4n) is 5.17. The van der Waals surface area contributed by atoms with E-state index >= 15 is 0 Å². The summed E-state index contributed by atoms with van der Waals surface area (Å²) >= 11 is 0. The number of piperazine rings is 1. The van der Waals surface area contributed by atoms with Gasteiger partial charge in [-0.25, -0.2) is 5.43 Å². The van der Waals surface area contributed by atoms with E-state index in [0.29, 0.717) is 17.9 Å². The van der Waals surface area contributed by atoms with Gasteiger partial charge in [0.2, 0.25) is 0 Å². The summed E-state index contributed by atoms with van der Waals surface area (Å²) in [7, 11) is 1.71. The molecule has 0 aliphatic carbocycles. The molecule has 2 fully saturated rings. The summed E-state index contributed by atoms with van der Waals surface area (Å²) in [6.45, 7) is 5.81. The van der Waals surface area contributed by atoms with E-state index < -0.39 is 0 Å². The van der Waals surface area contributed by atoms with Crippen molar-refractivity contribution in [2.24, 2.45) is 5.10 Å². The van der Waals surface area contributed by atoms with Crippen LogP contribution in [0.4, 0.5) is 5.69 Å². The van der Waals surface area contributed by atoms with Gasteiger partial charge in [-0.2, -0.15) is 5.10 Å². The number of rotatable bonds is 12. The maximum absolute atomic E-state index is 12.6. The summed E-state index contributed by atoms with van der Waals surface area (Å²) in [5.41, 5.74) is 6.21. The number of anilines is 1. The molecular formula is C33H39N5O5. The van der Waals surface area contributed by atoms with Gasteiger partial charge in [-0.3, -0.25) is 14.5 Å². The molecule has 3 aromatic rings. The quantitative estimate of drug-likeness (QED) is 0.248. The Morgan fingerprint density at radius 2 is 1.77 bits per heavy atom. The van der Waals surface area contributed by atoms with Crippen molar-refractivity contribution in [2.75, 3.05) is 57.9 Å². The number of carbonyl (C=O) groups excluding carboxylic acids is 2. The average molecular weight is 586 g/mol. The second-order valence-corrected chi connectivity index (χ2v) is 10.6. The predicted octanol–water partition coefficient (Wildman–Crippen LogP) is 3.46. The van der Waals surface area contributed by atoms with Crippen molar-refractivity contribution < 1.29 is 23.8 Å². The maximum atomic E-state index is 12.6. The average Bonchev–Trinajstić information content (AvgIpc) is 3.58. The van der Waals surface area contributed by atoms with Crippen molar-refractivity contribution >= 4 is 23.7 Å². The van der Waals surface area contributed by atoms with Crippen LogP contribution in [-0.2, 0) is 16.1 Å². The van der Waals surface area contributed by atoms with Crippen LogP contribution < -0.4 is 25.1 Å². The van der Waals surface area contributed by atoms with Crippen LogP contribution >= 0.6 is 0 Å². The van der Waals surface area contributed by atoms with E-state index in [0.717, 1.165) is 74.7 Å². The highest BCUT2D eigenvalue weighted by molar-refractivity contribution is 5.94. The topological polar surface area (TPSA) is 105 Å². The van der Waals surface area contributed by atoms with E-state index in [1.165, 1.54) is 0 Å². The summed E-state index contributed by atoms with van der Waals surface area (Å²) < 4.78 is 16.6. The largest absolute Gasteiger partial charge is 0.495 e. The third-order valence-electron chi connectivity index (χ3n) is 7.60. The second-order valence-electron chi connectivity index (χ2n) is 10.6. The molecule has 2 aliphatic heterocycles. The second kappa shape index (κ2) is 15.2. The van der Waals surface area contributed by atoms with Gasteiger partial charge in [0.05, 0.1) is 25.1 Å². The SMILES string of the molecule is COc1ccccc1N1CCN(Cc2ccc(C(=O)N/N=C\c3ccc(OCC(=O)NC[C@@H]4CCCO4)cc3)cc2)CC1. The number of nitrogens with zero attached hydrogens (tertiary/aromatic N) is 3. The van der Waals surface area contributed by atoms with Gasteiger partial charge in [0, 0.05) is 51.4 Å². The summed E-state index contributed by atoms with van der Waals surface area (Å²) in [4.78, 5) is 29.3. The molecule has 2 aliphatic rings. The predicted molar refractivity (Wildman–Crippen MR) is 166 cm³/mol. The molecule has 1 atom stereocenters. The van der Waals surface area contributed by atoms with Crippen LogP contribution in [0.5, 0.6) is 11.5 Å². The first-order valence-electron chi connectivity index (χ1n) is 14.7. The number of hydrazone groups is 1. The normalized spacial score (nSPS) is 17.1. The first-order chi connectivity index (χ1) is 21.1. The van der Waals surface area contributed by atoms with Crippen LogP contribution in [0.1, 0.15) is 34.3 Å². The molecule has 0 saturated carbocycles. The standard InChI is InChI=1S/C33H39N5O5/c1-41-31-7-3-2-6-30(31)38-18-16-37(17-19-38)23-26-8-12-27(13-9-26)33(40)36-35-21-25-10-14-28(15-11-25)43-24-32(39)34-22-29-5-4-20-42-29/h2-3,6-15,21,29H,4-5,16-20,22-24H2,1H3,(H,34,39)(H,36,40)/b35-21-/t29-/m0/s1. The number of nitrogens with one attached hydrogen (secondary N) is 2. The van der Waals surface area contributed by atoms with Crippen LogP contribution in [0, 0.1) is 0 Å². The van der Waals surface area contributed by atoms with Crippen LogP contribution in [-0.4, -0.2) is 82.1 Å². The fourth-order valence-corrected chi connectivity index (χ4v) is 5.17. The number of carbonyl (C=O) groups is 2. The molecule has 3 aromatic carbocycles. The Hall–Kier alpha value is -4.41. The van der Waals surface area contributed by atoms with Gasteiger partial charge in [0.25, 0.3) is 11.8 Å². The molecule has 0 unspecified atom stereocenters. The van der Waals surface area contributed by atoms with Crippen LogP contribution in [0.3, 0.4) is 0 Å². The molecular weight excluding hydrogens is 546 g/mol. The van der Waals surface area contributed by atoms with E-state index in [2.05, 4.69) is 31.7 Å². The lowest BCUT2D eigenvalue weighted by Crippen LogP contribution is -2.46. The summed E-state index contributed by atoms with van der Waals surface area (Å²) in [5, 5.41) is 6.91. The fraction of sp³-hybridized carbons (Fsp3) is 0.364. The van der Waals surface area contributed by atoms with Crippen LogP contribution in [0.25, 0.3) is 0 Å². The van der Waals surface area contributed by atoms with E-state index in [1.807, 2.05) is 42.5 Å². The van der Waals surface area contributed by atoms with E-state index in [-0.39, 0.29) is 24.5 Å². The minimum atomic E-state index is -0.276.